The standard InChI is InChI=1S/C13H19N3O2/c1-15(11-7-14-8-12(11)17)13(18)10-3-2-6-16(10)9-4-5-9/h2-3,6,9,11-12,14,17H,4-5,7-8H2,1H3/t11-,12-/m1/s1. The number of aliphatic hydroxyl groups excluding tert-OH is 1. The van der Waals surface area contributed by atoms with Gasteiger partial charge >= 0.3 is 0 Å². The summed E-state index contributed by atoms with van der Waals surface area (Å²) in [6.45, 7) is 1.22. The third-order valence-corrected chi connectivity index (χ3v) is 3.91. The summed E-state index contributed by atoms with van der Waals surface area (Å²) in [5.74, 6) is -0.000324. The summed E-state index contributed by atoms with van der Waals surface area (Å²) in [5, 5.41) is 12.9. The Bertz CT molecular complexity index is 453. The van der Waals surface area contributed by atoms with Gasteiger partial charge in [-0.15, -0.1) is 0 Å². The van der Waals surface area contributed by atoms with Crippen LogP contribution in [0.15, 0.2) is 18.3 Å². The maximum absolute atomic E-state index is 12.5. The average Bonchev–Trinajstić information content (AvgIpc) is 2.94. The number of aliphatic hydroxyl groups is 1. The third kappa shape index (κ3) is 1.93. The van der Waals surface area contributed by atoms with Gasteiger partial charge in [-0.1, -0.05) is 0 Å². The molecule has 1 aliphatic carbocycles. The number of amides is 1. The number of nitrogens with one attached hydrogen (secondary N) is 1. The largest absolute Gasteiger partial charge is 0.390 e. The van der Waals surface area contributed by atoms with E-state index in [1.807, 2.05) is 18.3 Å². The average molecular weight is 249 g/mol. The van der Waals surface area contributed by atoms with Crippen molar-refractivity contribution >= 4 is 5.91 Å². The molecule has 2 aliphatic rings. The van der Waals surface area contributed by atoms with E-state index < -0.39 is 6.10 Å². The zero-order chi connectivity index (χ0) is 12.7. The van der Waals surface area contributed by atoms with Crippen LogP contribution in [0.3, 0.4) is 0 Å². The maximum Gasteiger partial charge on any atom is 0.270 e. The first-order chi connectivity index (χ1) is 8.68. The van der Waals surface area contributed by atoms with Crippen LogP contribution < -0.4 is 5.32 Å². The highest BCUT2D eigenvalue weighted by Gasteiger charge is 2.34. The van der Waals surface area contributed by atoms with Gasteiger partial charge in [0.15, 0.2) is 0 Å². The molecule has 0 bridgehead atoms. The molecule has 2 fully saturated rings. The number of nitrogens with zero attached hydrogens (tertiary/aromatic N) is 2. The quantitative estimate of drug-likeness (QED) is 0.806. The Hall–Kier alpha value is -1.33. The lowest BCUT2D eigenvalue weighted by Crippen LogP contribution is -2.44. The van der Waals surface area contributed by atoms with Crippen molar-refractivity contribution in [2.75, 3.05) is 20.1 Å². The number of rotatable bonds is 3. The van der Waals surface area contributed by atoms with Gasteiger partial charge in [0.1, 0.15) is 5.69 Å². The summed E-state index contributed by atoms with van der Waals surface area (Å²) in [6.07, 6.45) is 3.82. The molecule has 3 rings (SSSR count). The molecule has 98 valence electrons. The molecule has 1 aliphatic heterocycles. The zero-order valence-corrected chi connectivity index (χ0v) is 10.5. The van der Waals surface area contributed by atoms with Gasteiger partial charge in [-0.2, -0.15) is 0 Å². The maximum atomic E-state index is 12.5. The number of carbonyl (C=O) groups excluding carboxylic acids is 1. The molecule has 1 amide bonds. The fourth-order valence-electron chi connectivity index (χ4n) is 2.62. The fourth-order valence-corrected chi connectivity index (χ4v) is 2.62. The fraction of sp³-hybridized carbons (Fsp3) is 0.615. The summed E-state index contributed by atoms with van der Waals surface area (Å²) < 4.78 is 2.06. The van der Waals surface area contributed by atoms with Crippen molar-refractivity contribution in [2.24, 2.45) is 0 Å². The number of carbonyl (C=O) groups is 1. The molecule has 0 aromatic carbocycles. The van der Waals surface area contributed by atoms with Crippen LogP contribution >= 0.6 is 0 Å². The van der Waals surface area contributed by atoms with Gasteiger partial charge < -0.3 is 19.9 Å². The first kappa shape index (κ1) is 11.7. The number of hydrogen-bond donors (Lipinski definition) is 2. The lowest BCUT2D eigenvalue weighted by molar-refractivity contribution is 0.0571. The number of aromatic nitrogens is 1. The molecule has 5 nitrogen and oxygen atoms in total. The molecular formula is C13H19N3O2. The summed E-state index contributed by atoms with van der Waals surface area (Å²) in [6, 6.07) is 4.16. The SMILES string of the molecule is CN(C(=O)c1cccn1C1CC1)[C@@H]1CNC[C@H]1O. The molecule has 2 N–H and O–H groups in total. The van der Waals surface area contributed by atoms with Gasteiger partial charge in [0.25, 0.3) is 5.91 Å². The predicted octanol–water partition coefficient (Wildman–Crippen LogP) is 0.228. The molecule has 0 unspecified atom stereocenters. The van der Waals surface area contributed by atoms with Crippen molar-refractivity contribution in [1.29, 1.82) is 0 Å². The molecular weight excluding hydrogens is 230 g/mol. The zero-order valence-electron chi connectivity index (χ0n) is 10.5. The number of β-amino-alcohol motifs (C(OH)–C–C–N with tert-alkyl or cyclic N) is 1. The van der Waals surface area contributed by atoms with Crippen molar-refractivity contribution in [3.63, 3.8) is 0 Å². The number of likely N-dealkylation sites (N-methyl/N-ethyl adjacent to an activating group) is 1. The Morgan fingerprint density at radius 1 is 1.50 bits per heavy atom. The summed E-state index contributed by atoms with van der Waals surface area (Å²) in [5.41, 5.74) is 0.735. The van der Waals surface area contributed by atoms with Crippen molar-refractivity contribution in [2.45, 2.75) is 31.0 Å². The van der Waals surface area contributed by atoms with E-state index in [0.717, 1.165) is 18.5 Å². The summed E-state index contributed by atoms with van der Waals surface area (Å²) in [7, 11) is 1.77. The molecule has 0 radical (unpaired) electrons. The van der Waals surface area contributed by atoms with Crippen LogP contribution in [0, 0.1) is 0 Å². The van der Waals surface area contributed by atoms with Crippen LogP contribution in [-0.4, -0.2) is 52.8 Å². The van der Waals surface area contributed by atoms with Gasteiger partial charge in [-0.25, -0.2) is 0 Å². The second-order valence-corrected chi connectivity index (χ2v) is 5.24. The van der Waals surface area contributed by atoms with Crippen molar-refractivity contribution < 1.29 is 9.90 Å². The van der Waals surface area contributed by atoms with E-state index in [4.69, 9.17) is 0 Å². The van der Waals surface area contributed by atoms with Crippen LogP contribution in [0.4, 0.5) is 0 Å². The van der Waals surface area contributed by atoms with Gasteiger partial charge in [-0.3, -0.25) is 4.79 Å². The minimum Gasteiger partial charge on any atom is -0.390 e. The van der Waals surface area contributed by atoms with Crippen LogP contribution in [0.5, 0.6) is 0 Å². The minimum absolute atomic E-state index is 0.000324. The third-order valence-electron chi connectivity index (χ3n) is 3.91. The van der Waals surface area contributed by atoms with Crippen molar-refractivity contribution in [3.8, 4) is 0 Å². The van der Waals surface area contributed by atoms with E-state index in [2.05, 4.69) is 9.88 Å². The Balaban J connectivity index is 1.78. The van der Waals surface area contributed by atoms with Crippen LogP contribution in [-0.2, 0) is 0 Å². The van der Waals surface area contributed by atoms with E-state index in [9.17, 15) is 9.90 Å². The molecule has 0 spiro atoms. The van der Waals surface area contributed by atoms with Gasteiger partial charge in [0.2, 0.25) is 0 Å². The summed E-state index contributed by atoms with van der Waals surface area (Å²) in [4.78, 5) is 14.1. The van der Waals surface area contributed by atoms with E-state index in [0.29, 0.717) is 19.1 Å². The normalized spacial score (nSPS) is 27.4. The van der Waals surface area contributed by atoms with Gasteiger partial charge in [-0.05, 0) is 25.0 Å². The monoisotopic (exact) mass is 249 g/mol. The Kier molecular flexibility index (Phi) is 2.87. The highest BCUT2D eigenvalue weighted by molar-refractivity contribution is 5.93. The minimum atomic E-state index is -0.469. The van der Waals surface area contributed by atoms with Gasteiger partial charge in [0.05, 0.1) is 12.1 Å². The lowest BCUT2D eigenvalue weighted by Gasteiger charge is -2.26. The molecule has 1 aromatic rings. The van der Waals surface area contributed by atoms with Crippen LogP contribution in [0.2, 0.25) is 0 Å². The van der Waals surface area contributed by atoms with Crippen molar-refractivity contribution in [3.05, 3.63) is 24.0 Å². The highest BCUT2D eigenvalue weighted by Crippen LogP contribution is 2.36. The van der Waals surface area contributed by atoms with E-state index in [1.165, 1.54) is 0 Å². The van der Waals surface area contributed by atoms with Crippen molar-refractivity contribution in [1.82, 2.24) is 14.8 Å². The molecule has 5 heteroatoms. The predicted molar refractivity (Wildman–Crippen MR) is 67.5 cm³/mol. The molecule has 2 atom stereocenters. The first-order valence-corrected chi connectivity index (χ1v) is 6.51. The molecule has 18 heavy (non-hydrogen) atoms. The Morgan fingerprint density at radius 3 is 2.89 bits per heavy atom. The lowest BCUT2D eigenvalue weighted by atomic mass is 10.2. The second-order valence-electron chi connectivity index (χ2n) is 5.24. The van der Waals surface area contributed by atoms with E-state index >= 15 is 0 Å². The second kappa shape index (κ2) is 4.40. The van der Waals surface area contributed by atoms with Crippen LogP contribution in [0.25, 0.3) is 0 Å². The highest BCUT2D eigenvalue weighted by atomic mass is 16.3. The molecule has 1 saturated heterocycles. The first-order valence-electron chi connectivity index (χ1n) is 6.51. The molecule has 1 aromatic heterocycles. The molecule has 1 saturated carbocycles. The summed E-state index contributed by atoms with van der Waals surface area (Å²) >= 11 is 0. The van der Waals surface area contributed by atoms with Crippen LogP contribution in [0.1, 0.15) is 29.4 Å². The Labute approximate surface area is 106 Å². The van der Waals surface area contributed by atoms with E-state index in [-0.39, 0.29) is 11.9 Å². The Morgan fingerprint density at radius 2 is 2.28 bits per heavy atom. The number of hydrogen-bond acceptors (Lipinski definition) is 3. The molecule has 2 heterocycles. The van der Waals surface area contributed by atoms with E-state index in [1.54, 1.807) is 11.9 Å². The topological polar surface area (TPSA) is 57.5 Å². The van der Waals surface area contributed by atoms with Gasteiger partial charge in [0, 0.05) is 32.4 Å². The smallest absolute Gasteiger partial charge is 0.270 e.